The largest absolute Gasteiger partial charge is 0.486 e. The molecule has 1 atom stereocenters. The van der Waals surface area contributed by atoms with Crippen LogP contribution in [0.2, 0.25) is 5.02 Å². The van der Waals surface area contributed by atoms with Crippen molar-refractivity contribution in [3.05, 3.63) is 76.2 Å². The van der Waals surface area contributed by atoms with Gasteiger partial charge in [-0.05, 0) is 62.2 Å². The van der Waals surface area contributed by atoms with Crippen LogP contribution >= 0.6 is 11.6 Å². The number of carboxylic acid groups (broad SMARTS) is 1. The highest BCUT2D eigenvalue weighted by Crippen LogP contribution is 2.41. The van der Waals surface area contributed by atoms with Gasteiger partial charge in [-0.25, -0.2) is 17.8 Å². The highest BCUT2D eigenvalue weighted by molar-refractivity contribution is 7.93. The summed E-state index contributed by atoms with van der Waals surface area (Å²) in [6.45, 7) is 2.70. The molecular weight excluding hydrogens is 604 g/mol. The Labute approximate surface area is 244 Å². The lowest BCUT2D eigenvalue weighted by molar-refractivity contribution is -0.138. The van der Waals surface area contributed by atoms with Gasteiger partial charge in [-0.1, -0.05) is 29.8 Å². The minimum Gasteiger partial charge on any atom is -0.486 e. The van der Waals surface area contributed by atoms with Crippen LogP contribution in [0.15, 0.2) is 53.6 Å². The molecule has 14 heteroatoms. The summed E-state index contributed by atoms with van der Waals surface area (Å²) in [6.07, 6.45) is -3.52. The zero-order chi connectivity index (χ0) is 30.8. The third kappa shape index (κ3) is 6.96. The summed E-state index contributed by atoms with van der Waals surface area (Å²) >= 11 is 6.09. The molecule has 0 spiro atoms. The van der Waals surface area contributed by atoms with Crippen molar-refractivity contribution in [1.29, 1.82) is 0 Å². The standard InChI is InChI=1S/C28H25ClF4N2O6S/c1-16(2)40-27-25(13-18(14-34-27)28(31,32)33)42(38,39)35-15-19(8-11-26(36)37)41-24-10-7-17(12-23(24)35)6-9-20-21(29)4-3-5-22(20)30/h3-7,9-10,12-14,16,19H,8,11,15H2,1-2H3,(H,36,37). The number of aromatic nitrogens is 1. The van der Waals surface area contributed by atoms with E-state index in [0.717, 1.165) is 4.31 Å². The van der Waals surface area contributed by atoms with Crippen molar-refractivity contribution in [1.82, 2.24) is 4.98 Å². The molecule has 0 fully saturated rings. The Bertz CT molecular complexity index is 1610. The van der Waals surface area contributed by atoms with Crippen molar-refractivity contribution in [3.63, 3.8) is 0 Å². The number of alkyl halides is 3. The number of pyridine rings is 1. The SMILES string of the molecule is CC(C)Oc1ncc(C(F)(F)F)cc1S(=O)(=O)N1CC(CCC(=O)O)Oc2ccc(C=Cc3c(F)cccc3Cl)cc21. The van der Waals surface area contributed by atoms with Gasteiger partial charge < -0.3 is 14.6 Å². The van der Waals surface area contributed by atoms with Crippen LogP contribution < -0.4 is 13.8 Å². The fourth-order valence-corrected chi connectivity index (χ4v) is 5.97. The third-order valence-electron chi connectivity index (χ3n) is 6.10. The van der Waals surface area contributed by atoms with Gasteiger partial charge in [-0.2, -0.15) is 13.2 Å². The second kappa shape index (κ2) is 12.2. The summed E-state index contributed by atoms with van der Waals surface area (Å²) in [5.41, 5.74) is -0.846. The summed E-state index contributed by atoms with van der Waals surface area (Å²) in [5, 5.41) is 9.28. The number of hydrogen-bond acceptors (Lipinski definition) is 6. The predicted octanol–water partition coefficient (Wildman–Crippen LogP) is 6.67. The van der Waals surface area contributed by atoms with E-state index in [4.69, 9.17) is 26.2 Å². The van der Waals surface area contributed by atoms with Crippen molar-refractivity contribution >= 4 is 45.4 Å². The summed E-state index contributed by atoms with van der Waals surface area (Å²) in [5.74, 6) is -2.20. The van der Waals surface area contributed by atoms with Gasteiger partial charge in [0.15, 0.2) is 4.90 Å². The lowest BCUT2D eigenvalue weighted by Gasteiger charge is -2.36. The Hall–Kier alpha value is -3.84. The van der Waals surface area contributed by atoms with E-state index in [9.17, 15) is 30.8 Å². The number of nitrogens with zero attached hydrogens (tertiary/aromatic N) is 2. The highest BCUT2D eigenvalue weighted by Gasteiger charge is 2.40. The molecule has 224 valence electrons. The molecule has 1 N–H and O–H groups in total. The van der Waals surface area contributed by atoms with Crippen molar-refractivity contribution < 1.29 is 45.4 Å². The Morgan fingerprint density at radius 3 is 2.62 bits per heavy atom. The van der Waals surface area contributed by atoms with Crippen molar-refractivity contribution in [2.75, 3.05) is 10.8 Å². The highest BCUT2D eigenvalue weighted by atomic mass is 35.5. The van der Waals surface area contributed by atoms with Gasteiger partial charge >= 0.3 is 12.1 Å². The summed E-state index contributed by atoms with van der Waals surface area (Å²) in [6, 6.07) is 8.99. The van der Waals surface area contributed by atoms with Crippen LogP contribution in [-0.4, -0.2) is 43.2 Å². The molecule has 0 amide bonds. The first-order valence-corrected chi connectivity index (χ1v) is 14.4. The molecule has 1 unspecified atom stereocenters. The molecule has 1 aliphatic rings. The summed E-state index contributed by atoms with van der Waals surface area (Å²) < 4.78 is 95.4. The Morgan fingerprint density at radius 1 is 1.24 bits per heavy atom. The molecule has 0 saturated heterocycles. The summed E-state index contributed by atoms with van der Waals surface area (Å²) in [4.78, 5) is 14.0. The number of halogens is 5. The Kier molecular flexibility index (Phi) is 9.02. The van der Waals surface area contributed by atoms with E-state index in [1.807, 2.05) is 0 Å². The number of carboxylic acids is 1. The van der Waals surface area contributed by atoms with E-state index < -0.39 is 63.1 Å². The van der Waals surface area contributed by atoms with Gasteiger partial charge in [-0.15, -0.1) is 0 Å². The Balaban J connectivity index is 1.84. The van der Waals surface area contributed by atoms with Crippen LogP contribution in [0.1, 0.15) is 43.4 Å². The minimum atomic E-state index is -4.90. The van der Waals surface area contributed by atoms with E-state index in [1.54, 1.807) is 19.9 Å². The van der Waals surface area contributed by atoms with Gasteiger partial charge in [0.05, 0.1) is 28.9 Å². The number of hydrogen-bond donors (Lipinski definition) is 1. The minimum absolute atomic E-state index is 0.0312. The third-order valence-corrected chi connectivity index (χ3v) is 8.20. The number of ether oxygens (including phenoxy) is 2. The first kappa shape index (κ1) is 31.1. The van der Waals surface area contributed by atoms with E-state index in [0.29, 0.717) is 17.8 Å². The smallest absolute Gasteiger partial charge is 0.417 e. The van der Waals surface area contributed by atoms with Gasteiger partial charge in [0.25, 0.3) is 10.0 Å². The maximum atomic E-state index is 14.3. The number of carbonyl (C=O) groups is 1. The predicted molar refractivity (Wildman–Crippen MR) is 148 cm³/mol. The van der Waals surface area contributed by atoms with E-state index >= 15 is 0 Å². The van der Waals surface area contributed by atoms with Crippen LogP contribution in [0.4, 0.5) is 23.2 Å². The number of aliphatic carboxylic acids is 1. The maximum absolute atomic E-state index is 14.3. The van der Waals surface area contributed by atoms with Gasteiger partial charge in [0.1, 0.15) is 17.7 Å². The monoisotopic (exact) mass is 628 g/mol. The van der Waals surface area contributed by atoms with Crippen molar-refractivity contribution in [2.24, 2.45) is 0 Å². The molecule has 8 nitrogen and oxygen atoms in total. The maximum Gasteiger partial charge on any atom is 0.417 e. The lowest BCUT2D eigenvalue weighted by atomic mass is 10.1. The lowest BCUT2D eigenvalue weighted by Crippen LogP contribution is -2.44. The number of anilines is 1. The summed E-state index contributed by atoms with van der Waals surface area (Å²) in [7, 11) is -4.79. The van der Waals surface area contributed by atoms with Gasteiger partial charge in [-0.3, -0.25) is 9.10 Å². The molecular formula is C28H25ClF4N2O6S. The zero-order valence-corrected chi connectivity index (χ0v) is 23.8. The van der Waals surface area contributed by atoms with Crippen LogP contribution in [0.5, 0.6) is 11.6 Å². The molecule has 2 aromatic carbocycles. The first-order chi connectivity index (χ1) is 19.7. The quantitative estimate of drug-likeness (QED) is 0.208. The van der Waals surface area contributed by atoms with Gasteiger partial charge in [0.2, 0.25) is 5.88 Å². The van der Waals surface area contributed by atoms with Crippen LogP contribution in [0, 0.1) is 5.82 Å². The van der Waals surface area contributed by atoms with Crippen LogP contribution in [-0.2, 0) is 21.0 Å². The fraction of sp³-hybridized carbons (Fsp3) is 0.286. The first-order valence-electron chi connectivity index (χ1n) is 12.6. The second-order valence-electron chi connectivity index (χ2n) is 9.60. The fourth-order valence-electron chi connectivity index (χ4n) is 4.15. The molecule has 42 heavy (non-hydrogen) atoms. The second-order valence-corrected chi connectivity index (χ2v) is 11.8. The van der Waals surface area contributed by atoms with Crippen LogP contribution in [0.25, 0.3) is 12.2 Å². The molecule has 0 aliphatic carbocycles. The van der Waals surface area contributed by atoms with E-state index in [-0.39, 0.29) is 34.9 Å². The number of sulfonamides is 1. The molecule has 1 aliphatic heterocycles. The Morgan fingerprint density at radius 2 is 1.98 bits per heavy atom. The van der Waals surface area contributed by atoms with Crippen LogP contribution in [0.3, 0.4) is 0 Å². The molecule has 3 aromatic rings. The molecule has 2 heterocycles. The molecule has 0 saturated carbocycles. The number of rotatable bonds is 9. The molecule has 0 radical (unpaired) electrons. The number of fused-ring (bicyclic) bond motifs is 1. The van der Waals surface area contributed by atoms with E-state index in [2.05, 4.69) is 4.98 Å². The topological polar surface area (TPSA) is 106 Å². The molecule has 4 rings (SSSR count). The zero-order valence-electron chi connectivity index (χ0n) is 22.2. The average molecular weight is 629 g/mol. The molecule has 0 bridgehead atoms. The van der Waals surface area contributed by atoms with Crippen molar-refractivity contribution in [2.45, 2.75) is 50.0 Å². The van der Waals surface area contributed by atoms with Gasteiger partial charge in [0, 0.05) is 18.2 Å². The molecule has 1 aromatic heterocycles. The average Bonchev–Trinajstić information content (AvgIpc) is 2.90. The van der Waals surface area contributed by atoms with Crippen molar-refractivity contribution in [3.8, 4) is 11.6 Å². The normalized spacial score (nSPS) is 15.5. The van der Waals surface area contributed by atoms with E-state index in [1.165, 1.54) is 42.5 Å². The number of benzene rings is 2.